The lowest BCUT2D eigenvalue weighted by Gasteiger charge is -2.33. The zero-order chi connectivity index (χ0) is 22.2. The second-order valence-corrected chi connectivity index (χ2v) is 7.29. The van der Waals surface area contributed by atoms with Gasteiger partial charge in [-0.15, -0.1) is 0 Å². The number of benzene rings is 1. The number of nitrogens with one attached hydrogen (secondary N) is 2. The third-order valence-corrected chi connectivity index (χ3v) is 5.31. The average Bonchev–Trinajstić information content (AvgIpc) is 3.10. The van der Waals surface area contributed by atoms with Gasteiger partial charge in [0.05, 0.1) is 25.0 Å². The molecule has 0 aliphatic carbocycles. The second-order valence-electron chi connectivity index (χ2n) is 6.91. The van der Waals surface area contributed by atoms with E-state index in [1.54, 1.807) is 36.4 Å². The number of methoxy groups -OCH3 is 1. The first-order chi connectivity index (χ1) is 14.8. The van der Waals surface area contributed by atoms with Crippen LogP contribution in [0.2, 0.25) is 5.02 Å². The molecule has 162 valence electrons. The Bertz CT molecular complexity index is 1090. The number of fused-ring (bicyclic) bond motifs is 1. The van der Waals surface area contributed by atoms with Gasteiger partial charge in [-0.2, -0.15) is 18.3 Å². The highest BCUT2D eigenvalue weighted by Crippen LogP contribution is 2.46. The Morgan fingerprint density at radius 3 is 2.65 bits per heavy atom. The fourth-order valence-electron chi connectivity index (χ4n) is 3.42. The van der Waals surface area contributed by atoms with Gasteiger partial charge in [-0.3, -0.25) is 9.78 Å². The van der Waals surface area contributed by atoms with Gasteiger partial charge < -0.3 is 15.4 Å². The molecule has 0 saturated heterocycles. The highest BCUT2D eigenvalue weighted by atomic mass is 35.5. The molecule has 0 radical (unpaired) electrons. The van der Waals surface area contributed by atoms with Crippen molar-refractivity contribution in [2.45, 2.75) is 24.7 Å². The molecule has 1 aromatic carbocycles. The van der Waals surface area contributed by atoms with Gasteiger partial charge >= 0.3 is 6.18 Å². The van der Waals surface area contributed by atoms with Crippen LogP contribution in [0.1, 0.15) is 34.6 Å². The number of hydrogen-bond donors (Lipinski definition) is 2. The third-order valence-electron chi connectivity index (χ3n) is 4.95. The highest BCUT2D eigenvalue weighted by molar-refractivity contribution is 6.36. The summed E-state index contributed by atoms with van der Waals surface area (Å²) >= 11 is 6.31. The Hall–Kier alpha value is -3.27. The van der Waals surface area contributed by atoms with Crippen molar-refractivity contribution in [3.05, 3.63) is 65.1 Å². The molecule has 0 fully saturated rings. The Balaban J connectivity index is 1.69. The van der Waals surface area contributed by atoms with Crippen molar-refractivity contribution in [3.63, 3.8) is 0 Å². The van der Waals surface area contributed by atoms with Crippen LogP contribution in [-0.2, 0) is 0 Å². The van der Waals surface area contributed by atoms with Crippen LogP contribution < -0.4 is 15.4 Å². The molecular formula is C20H17ClF3N5O2. The highest BCUT2D eigenvalue weighted by Gasteiger charge is 2.47. The number of nitrogens with zero attached hydrogens (tertiary/aromatic N) is 3. The van der Waals surface area contributed by atoms with Crippen LogP contribution in [0.25, 0.3) is 0 Å². The van der Waals surface area contributed by atoms with E-state index >= 15 is 0 Å². The maximum atomic E-state index is 13.9. The van der Waals surface area contributed by atoms with Crippen molar-refractivity contribution >= 4 is 29.0 Å². The van der Waals surface area contributed by atoms with Crippen LogP contribution in [0.3, 0.4) is 0 Å². The summed E-state index contributed by atoms with van der Waals surface area (Å²) < 4.78 is 47.4. The second kappa shape index (κ2) is 8.10. The molecule has 2 N–H and O–H groups in total. The average molecular weight is 452 g/mol. The fourth-order valence-corrected chi connectivity index (χ4v) is 3.68. The first-order valence-electron chi connectivity index (χ1n) is 9.24. The predicted octanol–water partition coefficient (Wildman–Crippen LogP) is 4.85. The summed E-state index contributed by atoms with van der Waals surface area (Å²) in [5, 5.41) is 9.24. The van der Waals surface area contributed by atoms with E-state index in [1.165, 1.54) is 19.5 Å². The molecule has 1 aliphatic rings. The maximum Gasteiger partial charge on any atom is 0.410 e. The van der Waals surface area contributed by atoms with E-state index in [9.17, 15) is 18.0 Å². The first-order valence-corrected chi connectivity index (χ1v) is 9.62. The monoisotopic (exact) mass is 451 g/mol. The van der Waals surface area contributed by atoms with Gasteiger partial charge in [-0.05, 0) is 29.8 Å². The normalized spacial score (nSPS) is 18.1. The molecule has 11 heteroatoms. The summed E-state index contributed by atoms with van der Waals surface area (Å²) in [6.45, 7) is 0. The number of halogens is 4. The van der Waals surface area contributed by atoms with E-state index in [2.05, 4.69) is 20.7 Å². The molecule has 1 amide bonds. The van der Waals surface area contributed by atoms with E-state index in [1.807, 2.05) is 0 Å². The summed E-state index contributed by atoms with van der Waals surface area (Å²) in [4.78, 5) is 16.5. The molecule has 1 aliphatic heterocycles. The van der Waals surface area contributed by atoms with Crippen LogP contribution in [0, 0.1) is 0 Å². The standard InChI is InChI=1S/C20H17ClF3N5O2/c1-31-13-6-4-11(5-7-13)14-9-15(20(22,23)24)29-18(27-14)16(21)17(28-29)19(30)26-12-3-2-8-25-10-12/h2-8,10,14-15,27H,9H2,1H3,(H,26,30)/t14-,15-/m1/s1. The number of ether oxygens (including phenoxy) is 1. The van der Waals surface area contributed by atoms with Crippen molar-refractivity contribution in [1.82, 2.24) is 14.8 Å². The van der Waals surface area contributed by atoms with Crippen LogP contribution >= 0.6 is 11.6 Å². The summed E-state index contributed by atoms with van der Waals surface area (Å²) in [5.74, 6) is -0.208. The van der Waals surface area contributed by atoms with Gasteiger partial charge in [-0.25, -0.2) is 4.68 Å². The lowest BCUT2D eigenvalue weighted by Crippen LogP contribution is -2.35. The Morgan fingerprint density at radius 1 is 1.29 bits per heavy atom. The number of amides is 1. The molecule has 31 heavy (non-hydrogen) atoms. The molecule has 7 nitrogen and oxygen atoms in total. The number of carbonyl (C=O) groups excluding carboxylic acids is 1. The Morgan fingerprint density at radius 2 is 2.03 bits per heavy atom. The van der Waals surface area contributed by atoms with Gasteiger partial charge in [0.25, 0.3) is 5.91 Å². The van der Waals surface area contributed by atoms with Gasteiger partial charge in [0, 0.05) is 12.6 Å². The van der Waals surface area contributed by atoms with Gasteiger partial charge in [-0.1, -0.05) is 23.7 Å². The number of carbonyl (C=O) groups is 1. The topological polar surface area (TPSA) is 81.1 Å². The molecule has 2 aromatic heterocycles. The molecule has 0 unspecified atom stereocenters. The summed E-state index contributed by atoms with van der Waals surface area (Å²) in [6, 6.07) is 7.25. The van der Waals surface area contributed by atoms with Crippen molar-refractivity contribution < 1.29 is 22.7 Å². The minimum Gasteiger partial charge on any atom is -0.497 e. The van der Waals surface area contributed by atoms with Crippen LogP contribution in [0.4, 0.5) is 24.7 Å². The summed E-state index contributed by atoms with van der Waals surface area (Å²) in [7, 11) is 1.50. The first kappa shape index (κ1) is 21.0. The van der Waals surface area contributed by atoms with Crippen molar-refractivity contribution in [2.75, 3.05) is 17.7 Å². The zero-order valence-corrected chi connectivity index (χ0v) is 16.9. The number of pyridine rings is 1. The molecule has 0 saturated carbocycles. The molecule has 4 rings (SSSR count). The number of rotatable bonds is 4. The SMILES string of the molecule is COc1ccc([C@H]2C[C@H](C(F)(F)F)n3nc(C(=O)Nc4cccnc4)c(Cl)c3N2)cc1. The third kappa shape index (κ3) is 4.15. The minimum atomic E-state index is -4.59. The lowest BCUT2D eigenvalue weighted by atomic mass is 9.97. The number of hydrogen-bond acceptors (Lipinski definition) is 5. The minimum absolute atomic E-state index is 0.0626. The van der Waals surface area contributed by atoms with Gasteiger partial charge in [0.2, 0.25) is 0 Å². The molecule has 0 spiro atoms. The van der Waals surface area contributed by atoms with Crippen LogP contribution in [0.5, 0.6) is 5.75 Å². The van der Waals surface area contributed by atoms with E-state index in [0.717, 1.165) is 4.68 Å². The molecular weight excluding hydrogens is 435 g/mol. The fraction of sp³-hybridized carbons (Fsp3) is 0.250. The summed E-state index contributed by atoms with van der Waals surface area (Å²) in [6.07, 6.45) is -1.98. The molecule has 0 bridgehead atoms. The van der Waals surface area contributed by atoms with E-state index in [4.69, 9.17) is 16.3 Å². The van der Waals surface area contributed by atoms with Crippen LogP contribution in [0.15, 0.2) is 48.8 Å². The van der Waals surface area contributed by atoms with E-state index in [0.29, 0.717) is 17.0 Å². The largest absolute Gasteiger partial charge is 0.497 e. The number of alkyl halides is 3. The maximum absolute atomic E-state index is 13.9. The van der Waals surface area contributed by atoms with Crippen molar-refractivity contribution in [3.8, 4) is 5.75 Å². The predicted molar refractivity (Wildman–Crippen MR) is 108 cm³/mol. The number of aromatic nitrogens is 3. The Labute approximate surface area is 180 Å². The van der Waals surface area contributed by atoms with Crippen molar-refractivity contribution in [1.29, 1.82) is 0 Å². The lowest BCUT2D eigenvalue weighted by molar-refractivity contribution is -0.173. The van der Waals surface area contributed by atoms with Gasteiger partial charge in [0.1, 0.15) is 16.6 Å². The van der Waals surface area contributed by atoms with Crippen LogP contribution in [-0.4, -0.2) is 34.0 Å². The van der Waals surface area contributed by atoms with E-state index < -0.39 is 24.2 Å². The quantitative estimate of drug-likeness (QED) is 0.592. The van der Waals surface area contributed by atoms with Gasteiger partial charge in [0.15, 0.2) is 11.7 Å². The van der Waals surface area contributed by atoms with Crippen molar-refractivity contribution in [2.24, 2.45) is 0 Å². The Kier molecular flexibility index (Phi) is 5.48. The summed E-state index contributed by atoms with van der Waals surface area (Å²) in [5.41, 5.74) is 0.684. The zero-order valence-electron chi connectivity index (χ0n) is 16.2. The van der Waals surface area contributed by atoms with E-state index in [-0.39, 0.29) is 23.0 Å². The molecule has 3 heterocycles. The molecule has 3 aromatic rings. The molecule has 2 atom stereocenters. The number of anilines is 2. The smallest absolute Gasteiger partial charge is 0.410 e.